The van der Waals surface area contributed by atoms with Crippen molar-refractivity contribution in [1.29, 1.82) is 0 Å². The van der Waals surface area contributed by atoms with Gasteiger partial charge in [0.05, 0.1) is 18.8 Å². The predicted octanol–water partition coefficient (Wildman–Crippen LogP) is 2.71. The third-order valence-corrected chi connectivity index (χ3v) is 6.22. The Balaban J connectivity index is 2.22. The zero-order valence-corrected chi connectivity index (χ0v) is 17.7. The van der Waals surface area contributed by atoms with Gasteiger partial charge >= 0.3 is 10.2 Å². The van der Waals surface area contributed by atoms with Crippen molar-refractivity contribution in [3.63, 3.8) is 0 Å². The van der Waals surface area contributed by atoms with Crippen LogP contribution in [-0.4, -0.2) is 46.4 Å². The molecule has 0 aromatic heterocycles. The Bertz CT molecular complexity index is 916. The average Bonchev–Trinajstić information content (AvgIpc) is 2.71. The fourth-order valence-electron chi connectivity index (χ4n) is 2.74. The molecule has 0 unspecified atom stereocenters. The van der Waals surface area contributed by atoms with Crippen LogP contribution in [0.5, 0.6) is 5.75 Å². The van der Waals surface area contributed by atoms with Crippen molar-refractivity contribution in [3.05, 3.63) is 59.9 Å². The third-order valence-electron chi connectivity index (χ3n) is 4.40. The second kappa shape index (κ2) is 9.71. The lowest BCUT2D eigenvalue weighted by atomic mass is 10.0. The molecule has 0 heterocycles. The molecule has 1 N–H and O–H groups in total. The molecule has 2 aromatic carbocycles. The topological polar surface area (TPSA) is 79.0 Å². The van der Waals surface area contributed by atoms with E-state index in [9.17, 15) is 17.6 Å². The van der Waals surface area contributed by atoms with Gasteiger partial charge in [-0.25, -0.2) is 8.70 Å². The summed E-state index contributed by atoms with van der Waals surface area (Å²) in [5, 5.41) is 2.86. The number of carbonyl (C=O) groups is 1. The number of amides is 1. The Morgan fingerprint density at radius 1 is 1.10 bits per heavy atom. The molecule has 0 fully saturated rings. The Labute approximate surface area is 171 Å². The zero-order chi connectivity index (χ0) is 21.6. The summed E-state index contributed by atoms with van der Waals surface area (Å²) in [6.45, 7) is 1.49. The molecule has 0 radical (unpaired) electrons. The zero-order valence-electron chi connectivity index (χ0n) is 16.9. The van der Waals surface area contributed by atoms with Crippen molar-refractivity contribution in [2.45, 2.75) is 19.4 Å². The molecule has 1 amide bonds. The first-order valence-electron chi connectivity index (χ1n) is 9.08. The largest absolute Gasteiger partial charge is 0.497 e. The number of carbonyl (C=O) groups excluding carboxylic acids is 1. The van der Waals surface area contributed by atoms with E-state index >= 15 is 0 Å². The molecule has 29 heavy (non-hydrogen) atoms. The maximum Gasteiger partial charge on any atom is 0.304 e. The lowest BCUT2D eigenvalue weighted by molar-refractivity contribution is -0.120. The van der Waals surface area contributed by atoms with Gasteiger partial charge in [0.25, 0.3) is 0 Å². The highest BCUT2D eigenvalue weighted by Gasteiger charge is 2.28. The standard InChI is InChI=1S/C20H26FN3O4S/c1-5-19(15-6-12-18(28-4)13-7-15)22-20(25)14-24(29(26,27)23(2)3)17-10-8-16(21)9-11-17/h6-13,19H,5,14H2,1-4H3,(H,22,25)/t19-/m1/s1. The van der Waals surface area contributed by atoms with Crippen LogP contribution in [0, 0.1) is 5.82 Å². The number of hydrogen-bond donors (Lipinski definition) is 1. The smallest absolute Gasteiger partial charge is 0.304 e. The summed E-state index contributed by atoms with van der Waals surface area (Å²) in [6.07, 6.45) is 0.620. The fraction of sp³-hybridized carbons (Fsp3) is 0.350. The van der Waals surface area contributed by atoms with Gasteiger partial charge in [-0.2, -0.15) is 12.7 Å². The van der Waals surface area contributed by atoms with Crippen molar-refractivity contribution in [1.82, 2.24) is 9.62 Å². The van der Waals surface area contributed by atoms with Crippen LogP contribution < -0.4 is 14.4 Å². The Kier molecular flexibility index (Phi) is 7.58. The quantitative estimate of drug-likeness (QED) is 0.673. The Hall–Kier alpha value is -2.65. The van der Waals surface area contributed by atoms with E-state index in [1.54, 1.807) is 19.2 Å². The molecule has 7 nitrogen and oxygen atoms in total. The van der Waals surface area contributed by atoms with Gasteiger partial charge in [-0.1, -0.05) is 19.1 Å². The number of nitrogens with one attached hydrogen (secondary N) is 1. The van der Waals surface area contributed by atoms with E-state index in [2.05, 4.69) is 5.32 Å². The lowest BCUT2D eigenvalue weighted by Gasteiger charge is -2.28. The van der Waals surface area contributed by atoms with Crippen molar-refractivity contribution in [2.24, 2.45) is 0 Å². The minimum absolute atomic E-state index is 0.202. The fourth-order valence-corrected chi connectivity index (χ4v) is 3.80. The van der Waals surface area contributed by atoms with Gasteiger partial charge in [0, 0.05) is 14.1 Å². The first-order valence-corrected chi connectivity index (χ1v) is 10.5. The molecule has 158 valence electrons. The lowest BCUT2D eigenvalue weighted by Crippen LogP contribution is -2.46. The van der Waals surface area contributed by atoms with Crippen molar-refractivity contribution < 1.29 is 22.3 Å². The van der Waals surface area contributed by atoms with Crippen LogP contribution in [-0.2, 0) is 15.0 Å². The second-order valence-electron chi connectivity index (χ2n) is 6.57. The number of benzene rings is 2. The summed E-state index contributed by atoms with van der Waals surface area (Å²) in [4.78, 5) is 12.7. The van der Waals surface area contributed by atoms with Crippen LogP contribution in [0.25, 0.3) is 0 Å². The average molecular weight is 424 g/mol. The molecule has 0 bridgehead atoms. The van der Waals surface area contributed by atoms with E-state index in [4.69, 9.17) is 4.74 Å². The number of anilines is 1. The van der Waals surface area contributed by atoms with Crippen LogP contribution in [0.4, 0.5) is 10.1 Å². The van der Waals surface area contributed by atoms with Crippen LogP contribution in [0.15, 0.2) is 48.5 Å². The van der Waals surface area contributed by atoms with Gasteiger partial charge < -0.3 is 10.1 Å². The van der Waals surface area contributed by atoms with Crippen LogP contribution >= 0.6 is 0 Å². The van der Waals surface area contributed by atoms with Crippen LogP contribution in [0.1, 0.15) is 24.9 Å². The van der Waals surface area contributed by atoms with Crippen LogP contribution in [0.2, 0.25) is 0 Å². The van der Waals surface area contributed by atoms with E-state index in [1.807, 2.05) is 19.1 Å². The molecule has 0 aliphatic rings. The number of methoxy groups -OCH3 is 1. The van der Waals surface area contributed by atoms with E-state index in [0.29, 0.717) is 12.2 Å². The molecule has 1 atom stereocenters. The van der Waals surface area contributed by atoms with Crippen molar-refractivity contribution in [2.75, 3.05) is 32.1 Å². The number of ether oxygens (including phenoxy) is 1. The van der Waals surface area contributed by atoms with E-state index in [1.165, 1.54) is 26.2 Å². The second-order valence-corrected chi connectivity index (χ2v) is 8.64. The van der Waals surface area contributed by atoms with Gasteiger partial charge in [-0.3, -0.25) is 4.79 Å². The number of halogens is 1. The highest BCUT2D eigenvalue weighted by molar-refractivity contribution is 7.90. The van der Waals surface area contributed by atoms with Gasteiger partial charge in [0.15, 0.2) is 0 Å². The maximum absolute atomic E-state index is 13.3. The summed E-state index contributed by atoms with van der Waals surface area (Å²) in [5.74, 6) is -0.261. The van der Waals surface area contributed by atoms with Crippen LogP contribution in [0.3, 0.4) is 0 Å². The van der Waals surface area contributed by atoms with E-state index in [-0.39, 0.29) is 11.7 Å². The minimum Gasteiger partial charge on any atom is -0.497 e. The molecule has 0 saturated heterocycles. The molecule has 0 spiro atoms. The third kappa shape index (κ3) is 5.68. The molecule has 0 aliphatic carbocycles. The molecule has 9 heteroatoms. The van der Waals surface area contributed by atoms with E-state index < -0.39 is 28.5 Å². The number of rotatable bonds is 9. The normalized spacial score (nSPS) is 12.5. The van der Waals surface area contributed by atoms with E-state index in [0.717, 1.165) is 26.3 Å². The van der Waals surface area contributed by atoms with Gasteiger partial charge in [-0.15, -0.1) is 0 Å². The summed E-state index contributed by atoms with van der Waals surface area (Å²) in [6, 6.07) is 12.0. The monoisotopic (exact) mass is 423 g/mol. The molecular weight excluding hydrogens is 397 g/mol. The first kappa shape index (κ1) is 22.6. The summed E-state index contributed by atoms with van der Waals surface area (Å²) >= 11 is 0. The van der Waals surface area contributed by atoms with Gasteiger partial charge in [-0.05, 0) is 48.4 Å². The molecule has 2 aromatic rings. The molecule has 0 aliphatic heterocycles. The summed E-state index contributed by atoms with van der Waals surface area (Å²) < 4.78 is 45.8. The number of nitrogens with zero attached hydrogens (tertiary/aromatic N) is 2. The molecule has 0 saturated carbocycles. The van der Waals surface area contributed by atoms with Gasteiger partial charge in [0.2, 0.25) is 5.91 Å². The summed E-state index contributed by atoms with van der Waals surface area (Å²) in [7, 11) is 0.365. The number of hydrogen-bond acceptors (Lipinski definition) is 4. The van der Waals surface area contributed by atoms with Gasteiger partial charge in [0.1, 0.15) is 18.1 Å². The molecular formula is C20H26FN3O4S. The SMILES string of the molecule is CC[C@@H](NC(=O)CN(c1ccc(F)cc1)S(=O)(=O)N(C)C)c1ccc(OC)cc1. The maximum atomic E-state index is 13.3. The predicted molar refractivity (Wildman–Crippen MR) is 111 cm³/mol. The minimum atomic E-state index is -3.95. The Morgan fingerprint density at radius 3 is 2.17 bits per heavy atom. The highest BCUT2D eigenvalue weighted by Crippen LogP contribution is 2.22. The highest BCUT2D eigenvalue weighted by atomic mass is 32.2. The van der Waals surface area contributed by atoms with Crippen molar-refractivity contribution in [3.8, 4) is 5.75 Å². The first-order chi connectivity index (χ1) is 13.7. The molecule has 2 rings (SSSR count). The Morgan fingerprint density at radius 2 is 1.69 bits per heavy atom. The summed E-state index contributed by atoms with van der Waals surface area (Å²) in [5.41, 5.74) is 1.08. The van der Waals surface area contributed by atoms with Crippen molar-refractivity contribution >= 4 is 21.8 Å².